The first-order valence-corrected chi connectivity index (χ1v) is 9.99. The van der Waals surface area contributed by atoms with Crippen molar-refractivity contribution in [3.8, 4) is 17.7 Å². The molecule has 1 aliphatic rings. The van der Waals surface area contributed by atoms with Crippen molar-refractivity contribution in [2.75, 3.05) is 5.32 Å². The largest absolute Gasteiger partial charge is 0.326 e. The van der Waals surface area contributed by atoms with Gasteiger partial charge in [-0.1, -0.05) is 0 Å². The third-order valence-corrected chi connectivity index (χ3v) is 5.34. The van der Waals surface area contributed by atoms with Gasteiger partial charge in [0, 0.05) is 17.3 Å². The van der Waals surface area contributed by atoms with Gasteiger partial charge in [0.25, 0.3) is 6.43 Å². The maximum Gasteiger partial charge on any atom is 0.267 e. The highest BCUT2D eigenvalue weighted by Crippen LogP contribution is 2.31. The zero-order valence-corrected chi connectivity index (χ0v) is 17.0. The minimum atomic E-state index is -2.77. The molecule has 1 N–H and O–H groups in total. The summed E-state index contributed by atoms with van der Waals surface area (Å²) in [5, 5.41) is 16.1. The Morgan fingerprint density at radius 3 is 2.75 bits per heavy atom. The summed E-state index contributed by atoms with van der Waals surface area (Å²) in [6, 6.07) is 11.5. The smallest absolute Gasteiger partial charge is 0.267 e. The number of carbonyl (C=O) groups is 1. The number of halogens is 2. The molecule has 0 unspecified atom stereocenters. The summed E-state index contributed by atoms with van der Waals surface area (Å²) >= 11 is 0. The van der Waals surface area contributed by atoms with Crippen LogP contribution in [0.15, 0.2) is 42.7 Å². The van der Waals surface area contributed by atoms with Crippen LogP contribution in [-0.4, -0.2) is 30.2 Å². The highest BCUT2D eigenvalue weighted by molar-refractivity contribution is 5.95. The number of aromatic nitrogens is 5. The number of imidazole rings is 1. The van der Waals surface area contributed by atoms with Gasteiger partial charge in [-0.3, -0.25) is 9.36 Å². The van der Waals surface area contributed by atoms with E-state index in [4.69, 9.17) is 5.26 Å². The number of hydrogen-bond acceptors (Lipinski definition) is 5. The maximum atomic E-state index is 13.7. The van der Waals surface area contributed by atoms with Gasteiger partial charge in [0.2, 0.25) is 5.91 Å². The fourth-order valence-corrected chi connectivity index (χ4v) is 3.53. The fourth-order valence-electron chi connectivity index (χ4n) is 3.53. The maximum absolute atomic E-state index is 13.7. The Bertz CT molecular complexity index is 1400. The first-order valence-electron chi connectivity index (χ1n) is 9.99. The lowest BCUT2D eigenvalue weighted by Crippen LogP contribution is -2.13. The summed E-state index contributed by atoms with van der Waals surface area (Å²) < 4.78 is 30.3. The van der Waals surface area contributed by atoms with Gasteiger partial charge in [-0.05, 0) is 56.2 Å². The zero-order valence-electron chi connectivity index (χ0n) is 17.0. The number of amides is 1. The Balaban J connectivity index is 1.56. The number of pyridine rings is 1. The number of alkyl halides is 2. The topological polar surface area (TPSA) is 101 Å². The number of nitriles is 1. The second-order valence-corrected chi connectivity index (χ2v) is 7.66. The van der Waals surface area contributed by atoms with Crippen LogP contribution in [0, 0.1) is 24.2 Å². The number of nitrogens with zero attached hydrogens (tertiary/aromatic N) is 6. The normalized spacial score (nSPS) is 13.5. The molecule has 0 saturated heterocycles. The van der Waals surface area contributed by atoms with Crippen LogP contribution in [0.25, 0.3) is 22.7 Å². The molecular formula is C22H17F2N7O. The molecule has 0 radical (unpaired) electrons. The monoisotopic (exact) mass is 433 g/mol. The molecule has 1 saturated carbocycles. The Hall–Kier alpha value is -4.13. The summed E-state index contributed by atoms with van der Waals surface area (Å²) in [5.41, 5.74) is 2.31. The van der Waals surface area contributed by atoms with Crippen LogP contribution in [0.3, 0.4) is 0 Å². The van der Waals surface area contributed by atoms with E-state index in [1.54, 1.807) is 36.0 Å². The van der Waals surface area contributed by atoms with Crippen molar-refractivity contribution in [3.63, 3.8) is 0 Å². The van der Waals surface area contributed by atoms with Crippen molar-refractivity contribution in [1.82, 2.24) is 24.3 Å². The average Bonchev–Trinajstić information content (AvgIpc) is 3.45. The second-order valence-electron chi connectivity index (χ2n) is 7.66. The van der Waals surface area contributed by atoms with Crippen LogP contribution in [0.1, 0.15) is 36.2 Å². The standard InChI is InChI=1S/C22H17F2N7O/c1-12-8-15(10-25)29-31(12)21-16(20(23)24)5-7-19(28-21)30-11-26-17-9-14(4-6-18(17)30)27-22(32)13-2-3-13/h4-9,11,13,20H,2-3H2,1H3,(H,27,32). The Morgan fingerprint density at radius 1 is 1.25 bits per heavy atom. The van der Waals surface area contributed by atoms with E-state index in [-0.39, 0.29) is 28.9 Å². The number of anilines is 1. The summed E-state index contributed by atoms with van der Waals surface area (Å²) in [4.78, 5) is 20.8. The number of benzene rings is 1. The molecule has 0 bridgehead atoms. The van der Waals surface area contributed by atoms with Gasteiger partial charge in [-0.15, -0.1) is 0 Å². The van der Waals surface area contributed by atoms with Gasteiger partial charge >= 0.3 is 0 Å². The molecule has 4 aromatic rings. The lowest BCUT2D eigenvalue weighted by molar-refractivity contribution is -0.117. The number of carbonyl (C=O) groups excluding carboxylic acids is 1. The number of fused-ring (bicyclic) bond motifs is 1. The van der Waals surface area contributed by atoms with Crippen molar-refractivity contribution in [2.45, 2.75) is 26.2 Å². The zero-order chi connectivity index (χ0) is 22.4. The van der Waals surface area contributed by atoms with Gasteiger partial charge in [0.1, 0.15) is 18.2 Å². The molecule has 3 heterocycles. The van der Waals surface area contributed by atoms with Gasteiger partial charge in [0.15, 0.2) is 11.5 Å². The van der Waals surface area contributed by atoms with Gasteiger partial charge in [-0.2, -0.15) is 10.4 Å². The third kappa shape index (κ3) is 3.47. The Morgan fingerprint density at radius 2 is 2.06 bits per heavy atom. The van der Waals surface area contributed by atoms with Crippen LogP contribution in [0.5, 0.6) is 0 Å². The summed E-state index contributed by atoms with van der Waals surface area (Å²) in [7, 11) is 0. The molecule has 5 rings (SSSR count). The number of aryl methyl sites for hydroxylation is 1. The fraction of sp³-hybridized carbons (Fsp3) is 0.227. The molecule has 1 aromatic carbocycles. The highest BCUT2D eigenvalue weighted by Gasteiger charge is 2.29. The molecule has 8 nitrogen and oxygen atoms in total. The predicted molar refractivity (Wildman–Crippen MR) is 112 cm³/mol. The van der Waals surface area contributed by atoms with E-state index in [1.807, 2.05) is 6.07 Å². The summed E-state index contributed by atoms with van der Waals surface area (Å²) in [6.07, 6.45) is 0.605. The molecular weight excluding hydrogens is 416 g/mol. The van der Waals surface area contributed by atoms with Gasteiger partial charge in [0.05, 0.1) is 16.6 Å². The molecule has 0 spiro atoms. The van der Waals surface area contributed by atoms with Gasteiger partial charge in [-0.25, -0.2) is 23.4 Å². The SMILES string of the molecule is Cc1cc(C#N)nn1-c1nc(-n2cnc3cc(NC(=O)C4CC4)ccc32)ccc1C(F)F. The van der Waals surface area contributed by atoms with Crippen LogP contribution in [0.4, 0.5) is 14.5 Å². The highest BCUT2D eigenvalue weighted by atomic mass is 19.3. The number of rotatable bonds is 5. The van der Waals surface area contributed by atoms with Crippen LogP contribution in [0.2, 0.25) is 0 Å². The van der Waals surface area contributed by atoms with E-state index in [9.17, 15) is 13.6 Å². The third-order valence-electron chi connectivity index (χ3n) is 5.34. The van der Waals surface area contributed by atoms with E-state index in [0.717, 1.165) is 12.8 Å². The van der Waals surface area contributed by atoms with E-state index in [2.05, 4.69) is 20.4 Å². The van der Waals surface area contributed by atoms with E-state index < -0.39 is 6.43 Å². The van der Waals surface area contributed by atoms with Crippen molar-refractivity contribution in [2.24, 2.45) is 5.92 Å². The minimum Gasteiger partial charge on any atom is -0.326 e. The number of nitrogens with one attached hydrogen (secondary N) is 1. The summed E-state index contributed by atoms with van der Waals surface area (Å²) in [6.45, 7) is 1.67. The van der Waals surface area contributed by atoms with Crippen LogP contribution < -0.4 is 5.32 Å². The predicted octanol–water partition coefficient (Wildman–Crippen LogP) is 4.07. The van der Waals surface area contributed by atoms with Crippen molar-refractivity contribution in [3.05, 3.63) is 59.7 Å². The van der Waals surface area contributed by atoms with Gasteiger partial charge < -0.3 is 5.32 Å². The van der Waals surface area contributed by atoms with Crippen molar-refractivity contribution < 1.29 is 13.6 Å². The molecule has 3 aromatic heterocycles. The van der Waals surface area contributed by atoms with E-state index in [0.29, 0.717) is 28.2 Å². The van der Waals surface area contributed by atoms with Crippen molar-refractivity contribution in [1.29, 1.82) is 5.26 Å². The quantitative estimate of drug-likeness (QED) is 0.511. The van der Waals surface area contributed by atoms with Crippen LogP contribution in [-0.2, 0) is 4.79 Å². The van der Waals surface area contributed by atoms with Crippen molar-refractivity contribution >= 4 is 22.6 Å². The first kappa shape index (κ1) is 19.8. The molecule has 0 aliphatic heterocycles. The number of hydrogen-bond donors (Lipinski definition) is 1. The molecule has 1 amide bonds. The van der Waals surface area contributed by atoms with E-state index in [1.165, 1.54) is 22.9 Å². The lowest BCUT2D eigenvalue weighted by Gasteiger charge is -2.12. The molecule has 160 valence electrons. The second kappa shape index (κ2) is 7.53. The Kier molecular flexibility index (Phi) is 4.66. The molecule has 1 aliphatic carbocycles. The molecule has 1 fully saturated rings. The Labute approximate surface area is 181 Å². The first-order chi connectivity index (χ1) is 15.4. The van der Waals surface area contributed by atoms with Crippen LogP contribution >= 0.6 is 0 Å². The molecule has 32 heavy (non-hydrogen) atoms. The molecule has 10 heteroatoms. The lowest BCUT2D eigenvalue weighted by atomic mass is 10.2. The minimum absolute atomic E-state index is 0.00371. The van der Waals surface area contributed by atoms with E-state index >= 15 is 0 Å². The molecule has 0 atom stereocenters. The average molecular weight is 433 g/mol. The summed E-state index contributed by atoms with van der Waals surface area (Å²) in [5.74, 6) is 0.414.